The minimum absolute atomic E-state index is 0.662. The average Bonchev–Trinajstić information content (AvgIpc) is 2.38. The second-order valence-corrected chi connectivity index (χ2v) is 5.32. The number of nitrogens with two attached hydrogens (primary N) is 1. The maximum atomic E-state index is 5.82. The van der Waals surface area contributed by atoms with Gasteiger partial charge in [-0.3, -0.25) is 0 Å². The van der Waals surface area contributed by atoms with Crippen LogP contribution >= 0.6 is 0 Å². The van der Waals surface area contributed by atoms with Crippen LogP contribution in [-0.2, 0) is 0 Å². The molecule has 0 saturated carbocycles. The van der Waals surface area contributed by atoms with Crippen LogP contribution in [0.1, 0.15) is 25.3 Å². The van der Waals surface area contributed by atoms with Gasteiger partial charge in [-0.05, 0) is 50.1 Å². The van der Waals surface area contributed by atoms with Crippen LogP contribution in [-0.4, -0.2) is 37.6 Å². The molecule has 0 aromatic heterocycles. The first kappa shape index (κ1) is 13.2. The summed E-state index contributed by atoms with van der Waals surface area (Å²) in [4.78, 5) is 4.96. The van der Waals surface area contributed by atoms with Crippen molar-refractivity contribution in [1.29, 1.82) is 0 Å². The summed E-state index contributed by atoms with van der Waals surface area (Å²) in [6, 6.07) is 6.87. The number of benzene rings is 1. The molecular weight excluding hydrogens is 222 g/mol. The van der Waals surface area contributed by atoms with Gasteiger partial charge in [0.05, 0.1) is 0 Å². The fourth-order valence-electron chi connectivity index (χ4n) is 2.89. The van der Waals surface area contributed by atoms with Crippen LogP contribution in [0.25, 0.3) is 0 Å². The van der Waals surface area contributed by atoms with Gasteiger partial charge < -0.3 is 15.5 Å². The Kier molecular flexibility index (Phi) is 4.12. The van der Waals surface area contributed by atoms with Crippen molar-refractivity contribution in [2.24, 2.45) is 0 Å². The van der Waals surface area contributed by atoms with Crippen LogP contribution < -0.4 is 10.6 Å². The molecule has 18 heavy (non-hydrogen) atoms. The zero-order valence-electron chi connectivity index (χ0n) is 11.8. The van der Waals surface area contributed by atoms with Crippen molar-refractivity contribution in [3.05, 3.63) is 23.8 Å². The van der Waals surface area contributed by atoms with Gasteiger partial charge in [-0.25, -0.2) is 0 Å². The molecule has 0 aliphatic carbocycles. The lowest BCUT2D eigenvalue weighted by atomic mass is 10.0. The smallest absolute Gasteiger partial charge is 0.0397 e. The van der Waals surface area contributed by atoms with Crippen molar-refractivity contribution in [1.82, 2.24) is 4.90 Å². The molecule has 1 aliphatic rings. The fourth-order valence-corrected chi connectivity index (χ4v) is 2.89. The molecule has 1 heterocycles. The molecule has 0 spiro atoms. The Morgan fingerprint density at radius 1 is 1.33 bits per heavy atom. The topological polar surface area (TPSA) is 32.5 Å². The van der Waals surface area contributed by atoms with E-state index in [1.165, 1.54) is 43.7 Å². The zero-order chi connectivity index (χ0) is 13.1. The van der Waals surface area contributed by atoms with Crippen LogP contribution in [0, 0.1) is 6.92 Å². The highest BCUT2D eigenvalue weighted by molar-refractivity contribution is 5.59. The third-order valence-electron chi connectivity index (χ3n) is 4.15. The van der Waals surface area contributed by atoms with E-state index < -0.39 is 0 Å². The van der Waals surface area contributed by atoms with Gasteiger partial charge in [0.2, 0.25) is 0 Å². The van der Waals surface area contributed by atoms with E-state index in [0.29, 0.717) is 6.04 Å². The third kappa shape index (κ3) is 2.78. The van der Waals surface area contributed by atoms with Gasteiger partial charge in [0.15, 0.2) is 0 Å². The molecule has 0 bridgehead atoms. The molecule has 0 atom stereocenters. The van der Waals surface area contributed by atoms with Gasteiger partial charge >= 0.3 is 0 Å². The van der Waals surface area contributed by atoms with Crippen LogP contribution in [0.4, 0.5) is 11.4 Å². The first-order valence-corrected chi connectivity index (χ1v) is 6.93. The minimum Gasteiger partial charge on any atom is -0.399 e. The summed E-state index contributed by atoms with van der Waals surface area (Å²) in [6.07, 6.45) is 2.52. The molecule has 2 rings (SSSR count). The first-order valence-electron chi connectivity index (χ1n) is 6.93. The molecule has 2 N–H and O–H groups in total. The number of hydrogen-bond donors (Lipinski definition) is 1. The van der Waals surface area contributed by atoms with E-state index in [1.54, 1.807) is 0 Å². The maximum absolute atomic E-state index is 5.82. The first-order chi connectivity index (χ1) is 8.61. The Hall–Kier alpha value is -1.22. The molecule has 1 saturated heterocycles. The molecule has 1 aromatic carbocycles. The van der Waals surface area contributed by atoms with Gasteiger partial charge in [0, 0.05) is 37.6 Å². The van der Waals surface area contributed by atoms with Gasteiger partial charge in [-0.1, -0.05) is 6.92 Å². The predicted molar refractivity (Wildman–Crippen MR) is 79.1 cm³/mol. The van der Waals surface area contributed by atoms with Crippen molar-refractivity contribution in [3.8, 4) is 0 Å². The summed E-state index contributed by atoms with van der Waals surface area (Å²) in [6.45, 7) is 8.01. The number of hydrogen-bond acceptors (Lipinski definition) is 3. The summed E-state index contributed by atoms with van der Waals surface area (Å²) in [5.41, 5.74) is 9.26. The molecule has 1 fully saturated rings. The van der Waals surface area contributed by atoms with E-state index in [-0.39, 0.29) is 0 Å². The number of likely N-dealkylation sites (tertiary alicyclic amines) is 1. The van der Waals surface area contributed by atoms with E-state index in [4.69, 9.17) is 5.73 Å². The summed E-state index contributed by atoms with van der Waals surface area (Å²) in [7, 11) is 2.21. The molecule has 1 aromatic rings. The van der Waals surface area contributed by atoms with Gasteiger partial charge in [-0.15, -0.1) is 0 Å². The van der Waals surface area contributed by atoms with Gasteiger partial charge in [0.1, 0.15) is 0 Å². The summed E-state index contributed by atoms with van der Waals surface area (Å²) >= 11 is 0. The van der Waals surface area contributed by atoms with Crippen molar-refractivity contribution in [2.75, 3.05) is 37.3 Å². The van der Waals surface area contributed by atoms with Crippen LogP contribution in [0.15, 0.2) is 18.2 Å². The summed E-state index contributed by atoms with van der Waals surface area (Å²) in [5.74, 6) is 0. The van der Waals surface area contributed by atoms with E-state index in [1.807, 2.05) is 6.07 Å². The highest BCUT2D eigenvalue weighted by Gasteiger charge is 2.22. The normalized spacial score (nSPS) is 17.9. The Balaban J connectivity index is 2.05. The molecule has 0 unspecified atom stereocenters. The summed E-state index contributed by atoms with van der Waals surface area (Å²) < 4.78 is 0. The van der Waals surface area contributed by atoms with E-state index >= 15 is 0 Å². The summed E-state index contributed by atoms with van der Waals surface area (Å²) in [5, 5.41) is 0. The van der Waals surface area contributed by atoms with E-state index in [2.05, 4.69) is 42.8 Å². The quantitative estimate of drug-likeness (QED) is 0.833. The fraction of sp³-hybridized carbons (Fsp3) is 0.600. The number of nitrogen functional groups attached to an aromatic ring is 1. The Morgan fingerprint density at radius 2 is 2.00 bits per heavy atom. The SMILES string of the molecule is CCN1CCC(N(C)c2ccc(N)cc2C)CC1. The average molecular weight is 247 g/mol. The number of rotatable bonds is 3. The standard InChI is InChI=1S/C15H25N3/c1-4-18-9-7-14(8-10-18)17(3)15-6-5-13(16)11-12(15)2/h5-6,11,14H,4,7-10,16H2,1-3H3. The van der Waals surface area contributed by atoms with Crippen molar-refractivity contribution >= 4 is 11.4 Å². The maximum Gasteiger partial charge on any atom is 0.0397 e. The Bertz CT molecular complexity index is 395. The number of aryl methyl sites for hydroxylation is 1. The monoisotopic (exact) mass is 247 g/mol. The molecule has 100 valence electrons. The van der Waals surface area contributed by atoms with Crippen molar-refractivity contribution in [2.45, 2.75) is 32.7 Å². The molecular formula is C15H25N3. The molecule has 3 nitrogen and oxygen atoms in total. The molecule has 1 aliphatic heterocycles. The van der Waals surface area contributed by atoms with Crippen LogP contribution in [0.2, 0.25) is 0 Å². The predicted octanol–water partition coefficient (Wildman–Crippen LogP) is 2.50. The van der Waals surface area contributed by atoms with Crippen molar-refractivity contribution in [3.63, 3.8) is 0 Å². The lowest BCUT2D eigenvalue weighted by Crippen LogP contribution is -2.43. The number of piperidine rings is 1. The Labute approximate surface area is 111 Å². The third-order valence-corrected chi connectivity index (χ3v) is 4.15. The molecule has 0 radical (unpaired) electrons. The lowest BCUT2D eigenvalue weighted by Gasteiger charge is -2.38. The largest absolute Gasteiger partial charge is 0.399 e. The van der Waals surface area contributed by atoms with Gasteiger partial charge in [-0.2, -0.15) is 0 Å². The molecule has 0 amide bonds. The minimum atomic E-state index is 0.662. The number of nitrogens with zero attached hydrogens (tertiary/aromatic N) is 2. The van der Waals surface area contributed by atoms with E-state index in [0.717, 1.165) is 5.69 Å². The second-order valence-electron chi connectivity index (χ2n) is 5.32. The molecule has 3 heteroatoms. The van der Waals surface area contributed by atoms with Crippen LogP contribution in [0.5, 0.6) is 0 Å². The van der Waals surface area contributed by atoms with Crippen LogP contribution in [0.3, 0.4) is 0 Å². The van der Waals surface area contributed by atoms with E-state index in [9.17, 15) is 0 Å². The highest BCUT2D eigenvalue weighted by Crippen LogP contribution is 2.26. The van der Waals surface area contributed by atoms with Gasteiger partial charge in [0.25, 0.3) is 0 Å². The Morgan fingerprint density at radius 3 is 2.56 bits per heavy atom. The highest BCUT2D eigenvalue weighted by atomic mass is 15.2. The second kappa shape index (κ2) is 5.61. The number of anilines is 2. The zero-order valence-corrected chi connectivity index (χ0v) is 11.8. The van der Waals surface area contributed by atoms with Crippen molar-refractivity contribution < 1.29 is 0 Å². The lowest BCUT2D eigenvalue weighted by molar-refractivity contribution is 0.221.